The molecule has 0 aliphatic heterocycles. The summed E-state index contributed by atoms with van der Waals surface area (Å²) in [4.78, 5) is 4.62. The molecule has 0 fully saturated rings. The number of imidazole rings is 1. The lowest BCUT2D eigenvalue weighted by Crippen LogP contribution is -2.10. The number of benzene rings is 1. The average Bonchev–Trinajstić information content (AvgIpc) is 2.62. The van der Waals surface area contributed by atoms with Gasteiger partial charge in [0.25, 0.3) is 0 Å². The number of aryl methyl sites for hydroxylation is 1. The molecule has 0 saturated heterocycles. The van der Waals surface area contributed by atoms with Gasteiger partial charge in [-0.3, -0.25) is 0 Å². The Balaban J connectivity index is 2.50. The van der Waals surface area contributed by atoms with Crippen molar-refractivity contribution in [3.63, 3.8) is 0 Å². The van der Waals surface area contributed by atoms with Crippen molar-refractivity contribution in [3.05, 3.63) is 41.1 Å². The van der Waals surface area contributed by atoms with Crippen LogP contribution in [0.4, 0.5) is 4.39 Å². The van der Waals surface area contributed by atoms with Gasteiger partial charge >= 0.3 is 0 Å². The number of halogens is 1. The molecule has 0 amide bonds. The molecule has 3 nitrogen and oxygen atoms in total. The molecule has 2 rings (SSSR count). The van der Waals surface area contributed by atoms with Crippen LogP contribution in [0.25, 0.3) is 11.3 Å². The van der Waals surface area contributed by atoms with Gasteiger partial charge in [0.1, 0.15) is 11.6 Å². The molecule has 1 aromatic carbocycles. The number of hydrogen-bond acceptors (Lipinski definition) is 2. The van der Waals surface area contributed by atoms with Crippen LogP contribution in [0.3, 0.4) is 0 Å². The Kier molecular flexibility index (Phi) is 3.48. The highest BCUT2D eigenvalue weighted by atomic mass is 19.1. The molecule has 2 aromatic rings. The number of nitrogens with one attached hydrogen (secondary N) is 1. The molecule has 96 valence electrons. The molecule has 0 aliphatic rings. The van der Waals surface area contributed by atoms with Crippen LogP contribution in [-0.4, -0.2) is 16.6 Å². The number of aromatic nitrogens is 2. The van der Waals surface area contributed by atoms with Crippen LogP contribution >= 0.6 is 0 Å². The third-order valence-electron chi connectivity index (χ3n) is 3.24. The Morgan fingerprint density at radius 2 is 2.06 bits per heavy atom. The van der Waals surface area contributed by atoms with Crippen LogP contribution in [0.2, 0.25) is 0 Å². The van der Waals surface area contributed by atoms with Gasteiger partial charge in [0.05, 0.1) is 12.2 Å². The lowest BCUT2D eigenvalue weighted by atomic mass is 10.1. The van der Waals surface area contributed by atoms with E-state index in [0.717, 1.165) is 29.3 Å². The number of rotatable bonds is 3. The fraction of sp³-hybridized carbons (Fsp3) is 0.357. The van der Waals surface area contributed by atoms with Gasteiger partial charge in [-0.25, -0.2) is 9.37 Å². The van der Waals surface area contributed by atoms with Crippen LogP contribution < -0.4 is 5.32 Å². The molecular weight excluding hydrogens is 229 g/mol. The Morgan fingerprint density at radius 3 is 2.67 bits per heavy atom. The van der Waals surface area contributed by atoms with Gasteiger partial charge in [-0.15, -0.1) is 0 Å². The minimum Gasteiger partial charge on any atom is -0.334 e. The second-order valence-electron chi connectivity index (χ2n) is 4.52. The van der Waals surface area contributed by atoms with Crippen molar-refractivity contribution in [2.24, 2.45) is 7.05 Å². The zero-order valence-corrected chi connectivity index (χ0v) is 11.2. The molecule has 0 atom stereocenters. The van der Waals surface area contributed by atoms with E-state index in [1.165, 1.54) is 6.07 Å². The third kappa shape index (κ3) is 2.16. The molecule has 0 radical (unpaired) electrons. The number of nitrogens with zero attached hydrogens (tertiary/aromatic N) is 2. The molecule has 1 heterocycles. The summed E-state index contributed by atoms with van der Waals surface area (Å²) >= 11 is 0. The summed E-state index contributed by atoms with van der Waals surface area (Å²) < 4.78 is 15.3. The standard InChI is InChI=1S/C14H18FN3/c1-9-7-11(5-6-12(9)15)14-10(2)18(4)13(17-14)8-16-3/h5-7,16H,8H2,1-4H3. The van der Waals surface area contributed by atoms with Crippen LogP contribution in [0.1, 0.15) is 17.1 Å². The molecule has 18 heavy (non-hydrogen) atoms. The van der Waals surface area contributed by atoms with Gasteiger partial charge in [0, 0.05) is 18.3 Å². The summed E-state index contributed by atoms with van der Waals surface area (Å²) in [6, 6.07) is 5.12. The highest BCUT2D eigenvalue weighted by Crippen LogP contribution is 2.24. The van der Waals surface area contributed by atoms with E-state index in [0.29, 0.717) is 5.56 Å². The Bertz CT molecular complexity index is 573. The summed E-state index contributed by atoms with van der Waals surface area (Å²) in [5.41, 5.74) is 3.62. The van der Waals surface area contributed by atoms with Gasteiger partial charge in [0.2, 0.25) is 0 Å². The fourth-order valence-electron chi connectivity index (χ4n) is 2.02. The normalized spacial score (nSPS) is 10.9. The van der Waals surface area contributed by atoms with E-state index in [4.69, 9.17) is 0 Å². The number of hydrogen-bond donors (Lipinski definition) is 1. The molecule has 0 saturated carbocycles. The lowest BCUT2D eigenvalue weighted by molar-refractivity contribution is 0.619. The highest BCUT2D eigenvalue weighted by Gasteiger charge is 2.13. The molecule has 1 N–H and O–H groups in total. The lowest BCUT2D eigenvalue weighted by Gasteiger charge is -2.03. The topological polar surface area (TPSA) is 29.9 Å². The first kappa shape index (κ1) is 12.8. The van der Waals surface area contributed by atoms with E-state index in [9.17, 15) is 4.39 Å². The third-order valence-corrected chi connectivity index (χ3v) is 3.24. The van der Waals surface area contributed by atoms with Gasteiger partial charge in [-0.1, -0.05) is 0 Å². The van der Waals surface area contributed by atoms with Gasteiger partial charge in [-0.05, 0) is 44.7 Å². The molecular formula is C14H18FN3. The van der Waals surface area contributed by atoms with E-state index >= 15 is 0 Å². The van der Waals surface area contributed by atoms with Crippen LogP contribution in [0, 0.1) is 19.7 Å². The SMILES string of the molecule is CNCc1nc(-c2ccc(F)c(C)c2)c(C)n1C. The van der Waals surface area contributed by atoms with Crippen molar-refractivity contribution in [2.75, 3.05) is 7.05 Å². The molecule has 0 spiro atoms. The Morgan fingerprint density at radius 1 is 1.33 bits per heavy atom. The fourth-order valence-corrected chi connectivity index (χ4v) is 2.02. The van der Waals surface area contributed by atoms with E-state index in [-0.39, 0.29) is 5.82 Å². The zero-order chi connectivity index (χ0) is 13.3. The van der Waals surface area contributed by atoms with E-state index in [2.05, 4.69) is 14.9 Å². The Labute approximate surface area is 107 Å². The highest BCUT2D eigenvalue weighted by molar-refractivity contribution is 5.63. The predicted molar refractivity (Wildman–Crippen MR) is 70.8 cm³/mol. The average molecular weight is 247 g/mol. The van der Waals surface area contributed by atoms with Crippen molar-refractivity contribution in [3.8, 4) is 11.3 Å². The molecule has 1 aromatic heterocycles. The van der Waals surface area contributed by atoms with Crippen LogP contribution in [-0.2, 0) is 13.6 Å². The van der Waals surface area contributed by atoms with E-state index in [1.807, 2.05) is 27.1 Å². The first-order chi connectivity index (χ1) is 8.54. The Hall–Kier alpha value is -1.68. The second-order valence-corrected chi connectivity index (χ2v) is 4.52. The zero-order valence-electron chi connectivity index (χ0n) is 11.2. The van der Waals surface area contributed by atoms with Gasteiger partial charge < -0.3 is 9.88 Å². The molecule has 0 bridgehead atoms. The van der Waals surface area contributed by atoms with Crippen molar-refractivity contribution < 1.29 is 4.39 Å². The summed E-state index contributed by atoms with van der Waals surface area (Å²) in [6.07, 6.45) is 0. The minimum atomic E-state index is -0.178. The largest absolute Gasteiger partial charge is 0.334 e. The maximum atomic E-state index is 13.3. The van der Waals surface area contributed by atoms with Gasteiger partial charge in [-0.2, -0.15) is 0 Å². The molecule has 0 unspecified atom stereocenters. The van der Waals surface area contributed by atoms with Crippen molar-refractivity contribution in [1.29, 1.82) is 0 Å². The quantitative estimate of drug-likeness (QED) is 0.903. The van der Waals surface area contributed by atoms with Crippen molar-refractivity contribution in [1.82, 2.24) is 14.9 Å². The van der Waals surface area contributed by atoms with Crippen LogP contribution in [0.5, 0.6) is 0 Å². The molecule has 4 heteroatoms. The monoisotopic (exact) mass is 247 g/mol. The summed E-state index contributed by atoms with van der Waals surface area (Å²) in [7, 11) is 3.89. The van der Waals surface area contributed by atoms with Crippen molar-refractivity contribution in [2.45, 2.75) is 20.4 Å². The van der Waals surface area contributed by atoms with E-state index < -0.39 is 0 Å². The predicted octanol–water partition coefficient (Wildman–Crippen LogP) is 2.56. The molecule has 0 aliphatic carbocycles. The maximum Gasteiger partial charge on any atom is 0.126 e. The summed E-state index contributed by atoms with van der Waals surface area (Å²) in [6.45, 7) is 4.52. The van der Waals surface area contributed by atoms with E-state index in [1.54, 1.807) is 13.0 Å². The maximum absolute atomic E-state index is 13.3. The minimum absolute atomic E-state index is 0.178. The summed E-state index contributed by atoms with van der Waals surface area (Å²) in [5, 5.41) is 3.09. The smallest absolute Gasteiger partial charge is 0.126 e. The van der Waals surface area contributed by atoms with Crippen molar-refractivity contribution >= 4 is 0 Å². The van der Waals surface area contributed by atoms with Crippen LogP contribution in [0.15, 0.2) is 18.2 Å². The van der Waals surface area contributed by atoms with Gasteiger partial charge in [0.15, 0.2) is 0 Å². The first-order valence-electron chi connectivity index (χ1n) is 5.98. The second kappa shape index (κ2) is 4.90. The summed E-state index contributed by atoms with van der Waals surface area (Å²) in [5.74, 6) is 0.801. The first-order valence-corrected chi connectivity index (χ1v) is 5.98.